The minimum atomic E-state index is -0.291. The van der Waals surface area contributed by atoms with Crippen LogP contribution in [0.2, 0.25) is 0 Å². The van der Waals surface area contributed by atoms with Crippen LogP contribution in [0, 0.1) is 6.20 Å². The second-order valence-corrected chi connectivity index (χ2v) is 7.30. The first kappa shape index (κ1) is 24.8. The summed E-state index contributed by atoms with van der Waals surface area (Å²) in [5.41, 5.74) is 10.0. The number of fused-ring (bicyclic) bond motifs is 1. The van der Waals surface area contributed by atoms with Gasteiger partial charge in [0.25, 0.3) is 5.91 Å². The molecule has 33 heavy (non-hydrogen) atoms. The number of carbonyl (C=O) groups excluding carboxylic acids is 1. The number of hydrogen-bond donors (Lipinski definition) is 3. The van der Waals surface area contributed by atoms with E-state index in [-0.39, 0.29) is 52.8 Å². The molecule has 0 aliphatic heterocycles. The number of rotatable bonds is 6. The third-order valence-corrected chi connectivity index (χ3v) is 5.05. The number of hydrazine groups is 1. The Morgan fingerprint density at radius 3 is 2.82 bits per heavy atom. The quantitative estimate of drug-likeness (QED) is 0.0883. The zero-order chi connectivity index (χ0) is 21.4. The van der Waals surface area contributed by atoms with E-state index in [4.69, 9.17) is 11.6 Å². The number of nitrogens with one attached hydrogen (secondary N) is 1. The first-order chi connectivity index (χ1) is 15.1. The molecule has 0 unspecified atom stereocenters. The van der Waals surface area contributed by atoms with E-state index >= 15 is 0 Å². The molecule has 0 bridgehead atoms. The number of benzene rings is 1. The van der Waals surface area contributed by atoms with Gasteiger partial charge in [0.05, 0.1) is 23.3 Å². The molecule has 0 saturated heterocycles. The van der Waals surface area contributed by atoms with Gasteiger partial charge in [-0.2, -0.15) is 10.7 Å². The Bertz CT molecular complexity index is 1280. The molecule has 1 fully saturated rings. The molecule has 0 atom stereocenters. The fourth-order valence-corrected chi connectivity index (χ4v) is 3.22. The van der Waals surface area contributed by atoms with E-state index in [1.807, 2.05) is 18.2 Å². The molecule has 12 heteroatoms. The topological polar surface area (TPSA) is 141 Å². The van der Waals surface area contributed by atoms with Crippen molar-refractivity contribution in [1.82, 2.24) is 24.9 Å². The van der Waals surface area contributed by atoms with Crippen molar-refractivity contribution in [3.63, 3.8) is 0 Å². The molecule has 5 rings (SSSR count). The summed E-state index contributed by atoms with van der Waals surface area (Å²) in [5.74, 6) is 5.88. The molecule has 10 nitrogen and oxygen atoms in total. The fraction of sp³-hybridized carbons (Fsp3) is 0.143. The zero-order valence-electron chi connectivity index (χ0n) is 17.2. The number of nitrogens with two attached hydrogens (primary N) is 2. The van der Waals surface area contributed by atoms with Crippen molar-refractivity contribution in [2.75, 3.05) is 5.32 Å². The van der Waals surface area contributed by atoms with Gasteiger partial charge in [-0.1, -0.05) is 30.5 Å². The number of nitrogens with zero attached hydrogens (tertiary/aromatic N) is 6. The molecule has 5 N–H and O–H groups in total. The minimum absolute atomic E-state index is 0. The van der Waals surface area contributed by atoms with Crippen LogP contribution >= 0.6 is 0 Å². The summed E-state index contributed by atoms with van der Waals surface area (Å²) in [7, 11) is 0. The van der Waals surface area contributed by atoms with Crippen molar-refractivity contribution in [1.29, 1.82) is 0 Å². The number of hydrogen-bond acceptors (Lipinski definition) is 6. The molecule has 3 heterocycles. The molecule has 170 valence electrons. The summed E-state index contributed by atoms with van der Waals surface area (Å²) in [5, 5.41) is 20.3. The zero-order valence-corrected chi connectivity index (χ0v) is 22.6. The van der Waals surface area contributed by atoms with E-state index in [2.05, 4.69) is 31.9 Å². The number of hydrazone groups is 1. The second-order valence-electron chi connectivity index (χ2n) is 7.30. The van der Waals surface area contributed by atoms with Gasteiger partial charge in [-0.15, -0.1) is 10.7 Å². The first-order valence-corrected chi connectivity index (χ1v) is 9.72. The van der Waals surface area contributed by atoms with Gasteiger partial charge in [-0.05, 0) is 25.0 Å². The Balaban J connectivity index is 0.00000153. The van der Waals surface area contributed by atoms with Crippen molar-refractivity contribution >= 4 is 22.9 Å². The van der Waals surface area contributed by atoms with Crippen LogP contribution in [-0.4, -0.2) is 37.6 Å². The summed E-state index contributed by atoms with van der Waals surface area (Å²) in [6.07, 6.45) is 9.77. The Kier molecular flexibility index (Phi) is 7.80. The summed E-state index contributed by atoms with van der Waals surface area (Å²) in [6, 6.07) is 11.1. The van der Waals surface area contributed by atoms with E-state index in [1.54, 1.807) is 35.1 Å². The maximum Gasteiger partial charge on any atom is 0.259 e. The number of carbonyl (C=O) groups is 1. The van der Waals surface area contributed by atoms with E-state index in [9.17, 15) is 4.79 Å². The predicted molar refractivity (Wildman–Crippen MR) is 115 cm³/mol. The number of amides is 1. The van der Waals surface area contributed by atoms with E-state index < -0.39 is 0 Å². The Hall–Kier alpha value is -2.86. The average molecular weight is 786 g/mol. The van der Waals surface area contributed by atoms with Crippen LogP contribution in [0.5, 0.6) is 0 Å². The summed E-state index contributed by atoms with van der Waals surface area (Å²) < 4.78 is 1.64. The largest absolute Gasteiger partial charge is 0.653 e. The molecule has 1 saturated carbocycles. The number of aromatic nitrogens is 4. The van der Waals surface area contributed by atoms with E-state index in [0.717, 1.165) is 24.0 Å². The summed E-state index contributed by atoms with van der Waals surface area (Å²) in [6.45, 7) is 0. The molecule has 1 aliphatic carbocycles. The maximum atomic E-state index is 13.0. The number of pyridine rings is 1. The Morgan fingerprint density at radius 1 is 1.27 bits per heavy atom. The predicted octanol–water partition coefficient (Wildman–Crippen LogP) is 1.36. The molecular weight excluding hydrogens is 767 g/mol. The van der Waals surface area contributed by atoms with Gasteiger partial charge in [-0.25, -0.2) is 15.5 Å². The molecular formula is C21H19N9ORe2-2. The van der Waals surface area contributed by atoms with E-state index in [0.29, 0.717) is 28.2 Å². The first-order valence-electron chi connectivity index (χ1n) is 9.72. The van der Waals surface area contributed by atoms with Crippen LogP contribution in [0.1, 0.15) is 28.8 Å². The third-order valence-electron chi connectivity index (χ3n) is 5.05. The molecule has 3 aromatic heterocycles. The van der Waals surface area contributed by atoms with Crippen LogP contribution in [0.4, 0.5) is 5.69 Å². The van der Waals surface area contributed by atoms with Crippen LogP contribution in [-0.2, 0) is 40.8 Å². The van der Waals surface area contributed by atoms with Gasteiger partial charge in [0.2, 0.25) is 0 Å². The van der Waals surface area contributed by atoms with Crippen LogP contribution in [0.15, 0.2) is 60.1 Å². The van der Waals surface area contributed by atoms with Gasteiger partial charge in [0, 0.05) is 58.3 Å². The average Bonchev–Trinajstić information content (AvgIpc) is 3.31. The van der Waals surface area contributed by atoms with Crippen molar-refractivity contribution in [2.45, 2.75) is 18.9 Å². The monoisotopic (exact) mass is 787 g/mol. The molecule has 1 aromatic carbocycles. The van der Waals surface area contributed by atoms with Crippen molar-refractivity contribution in [2.24, 2.45) is 16.7 Å². The number of anilines is 1. The molecule has 4 aromatic rings. The molecule has 1 amide bonds. The minimum Gasteiger partial charge on any atom is -0.653 e. The second kappa shape index (κ2) is 10.4. The third kappa shape index (κ3) is 5.39. The maximum absolute atomic E-state index is 13.0. The Labute approximate surface area is 217 Å². The van der Waals surface area contributed by atoms with Gasteiger partial charge in [0.1, 0.15) is 0 Å². The van der Waals surface area contributed by atoms with Gasteiger partial charge in [-0.3, -0.25) is 11.0 Å². The van der Waals surface area contributed by atoms with Gasteiger partial charge in [0.15, 0.2) is 5.84 Å². The van der Waals surface area contributed by atoms with Gasteiger partial charge >= 0.3 is 0 Å². The fourth-order valence-electron chi connectivity index (χ4n) is 3.22. The molecule has 0 spiro atoms. The number of amidine groups is 1. The van der Waals surface area contributed by atoms with E-state index in [1.165, 1.54) is 11.3 Å². The normalized spacial score (nSPS) is 13.2. The van der Waals surface area contributed by atoms with Crippen LogP contribution < -0.4 is 22.0 Å². The van der Waals surface area contributed by atoms with Gasteiger partial charge < -0.3 is 21.2 Å². The van der Waals surface area contributed by atoms with Crippen molar-refractivity contribution in [3.05, 3.63) is 72.3 Å². The molecule has 2 radical (unpaired) electrons. The SMILES string of the molecule is N/C(=N\N(N)C1CC1)c1cccc(NC(=O)c2cnn3ccc(-c4[c-]n[n-]c4)cc23)c1.[Re].[Re]. The van der Waals surface area contributed by atoms with Crippen molar-refractivity contribution < 1.29 is 45.6 Å². The summed E-state index contributed by atoms with van der Waals surface area (Å²) >= 11 is 0. The van der Waals surface area contributed by atoms with Crippen LogP contribution in [0.25, 0.3) is 16.6 Å². The van der Waals surface area contributed by atoms with Crippen molar-refractivity contribution in [3.8, 4) is 11.1 Å². The Morgan fingerprint density at radius 2 is 2.09 bits per heavy atom. The molecule has 1 aliphatic rings. The van der Waals surface area contributed by atoms with Crippen LogP contribution in [0.3, 0.4) is 0 Å². The summed E-state index contributed by atoms with van der Waals surface area (Å²) in [4.78, 5) is 13.0. The smallest absolute Gasteiger partial charge is 0.259 e. The standard InChI is InChI=1S/C21H20N9O.2Re/c22-20(28-30(23)17-4-5-17)14-2-1-3-16(8-14)27-21(31)18-12-26-29-7-6-13(9-19(18)29)15-10-24-25-11-15;;/h1-3,6-10,12,17H,4-5,23H2,(H4,22,24,25,26,27,28,31);;/q-1;;/p-1.